The van der Waals surface area contributed by atoms with E-state index in [4.69, 9.17) is 10.6 Å². The number of hydrogen-bond donors (Lipinski definition) is 2. The molecule has 3 aromatic rings. The molecular formula is C11H13N9O. The Morgan fingerprint density at radius 2 is 2.14 bits per heavy atom. The Morgan fingerprint density at radius 1 is 1.29 bits per heavy atom. The van der Waals surface area contributed by atoms with E-state index in [1.165, 1.54) is 0 Å². The minimum Gasteiger partial charge on any atom is -0.405 e. The lowest BCUT2D eigenvalue weighted by atomic mass is 10.5. The summed E-state index contributed by atoms with van der Waals surface area (Å²) in [5.41, 5.74) is 3.20. The summed E-state index contributed by atoms with van der Waals surface area (Å²) in [6.07, 6.45) is 4.88. The van der Waals surface area contributed by atoms with Crippen LogP contribution in [0.5, 0.6) is 11.9 Å². The summed E-state index contributed by atoms with van der Waals surface area (Å²) < 4.78 is 8.82. The number of nitrogen functional groups attached to an aromatic ring is 1. The molecule has 0 amide bonds. The molecule has 3 heterocycles. The van der Waals surface area contributed by atoms with Gasteiger partial charge in [0.15, 0.2) is 0 Å². The van der Waals surface area contributed by atoms with Crippen molar-refractivity contribution in [3.8, 4) is 17.8 Å². The zero-order valence-corrected chi connectivity index (χ0v) is 11.4. The van der Waals surface area contributed by atoms with E-state index in [0.717, 1.165) is 5.69 Å². The molecular weight excluding hydrogens is 274 g/mol. The van der Waals surface area contributed by atoms with Gasteiger partial charge in [-0.15, -0.1) is 0 Å². The van der Waals surface area contributed by atoms with Crippen molar-refractivity contribution in [1.29, 1.82) is 0 Å². The van der Waals surface area contributed by atoms with Crippen LogP contribution in [0.2, 0.25) is 0 Å². The van der Waals surface area contributed by atoms with Gasteiger partial charge in [-0.1, -0.05) is 0 Å². The zero-order valence-electron chi connectivity index (χ0n) is 11.4. The maximum atomic E-state index is 5.62. The van der Waals surface area contributed by atoms with Crippen LogP contribution in [0.3, 0.4) is 0 Å². The van der Waals surface area contributed by atoms with Crippen molar-refractivity contribution in [2.45, 2.75) is 6.92 Å². The molecule has 0 saturated carbocycles. The number of anilines is 1. The predicted molar refractivity (Wildman–Crippen MR) is 72.8 cm³/mol. The molecule has 0 bridgehead atoms. The molecule has 3 aromatic heterocycles. The topological polar surface area (TPSA) is 122 Å². The Balaban J connectivity index is 1.98. The minimum atomic E-state index is 0.102. The Labute approximate surface area is 119 Å². The van der Waals surface area contributed by atoms with Crippen LogP contribution in [0.25, 0.3) is 5.95 Å². The second-order valence-electron chi connectivity index (χ2n) is 4.21. The summed E-state index contributed by atoms with van der Waals surface area (Å²) in [5.74, 6) is 6.40. The Bertz CT molecular complexity index is 749. The molecule has 0 fully saturated rings. The lowest BCUT2D eigenvalue weighted by Crippen LogP contribution is -2.14. The van der Waals surface area contributed by atoms with Crippen molar-refractivity contribution in [3.63, 3.8) is 0 Å². The molecule has 0 spiro atoms. The summed E-state index contributed by atoms with van der Waals surface area (Å²) in [5, 5.41) is 4.19. The molecule has 0 aliphatic carbocycles. The van der Waals surface area contributed by atoms with E-state index in [2.05, 4.69) is 30.5 Å². The highest BCUT2D eigenvalue weighted by molar-refractivity contribution is 5.30. The van der Waals surface area contributed by atoms with Gasteiger partial charge in [-0.3, -0.25) is 9.99 Å². The zero-order chi connectivity index (χ0) is 14.8. The fourth-order valence-electron chi connectivity index (χ4n) is 1.72. The highest BCUT2D eigenvalue weighted by Crippen LogP contribution is 2.19. The molecule has 21 heavy (non-hydrogen) atoms. The molecule has 108 valence electrons. The van der Waals surface area contributed by atoms with Crippen LogP contribution in [0.4, 0.5) is 5.95 Å². The quantitative estimate of drug-likeness (QED) is 0.514. The van der Waals surface area contributed by atoms with E-state index in [9.17, 15) is 0 Å². The fourth-order valence-corrected chi connectivity index (χ4v) is 1.72. The largest absolute Gasteiger partial charge is 0.405 e. The fraction of sp³-hybridized carbons (Fsp3) is 0.182. The molecule has 0 aliphatic heterocycles. The first kappa shape index (κ1) is 13.0. The van der Waals surface area contributed by atoms with Gasteiger partial charge in [0.05, 0.1) is 5.69 Å². The second-order valence-corrected chi connectivity index (χ2v) is 4.21. The Kier molecular flexibility index (Phi) is 3.20. The summed E-state index contributed by atoms with van der Waals surface area (Å²) in [6, 6.07) is 1.88. The predicted octanol–water partition coefficient (Wildman–Crippen LogP) is 0.177. The number of imidazole rings is 1. The summed E-state index contributed by atoms with van der Waals surface area (Å²) in [7, 11) is 1.77. The Hall–Kier alpha value is -3.01. The highest BCUT2D eigenvalue weighted by Gasteiger charge is 2.11. The van der Waals surface area contributed by atoms with Crippen molar-refractivity contribution >= 4 is 5.95 Å². The van der Waals surface area contributed by atoms with E-state index in [-0.39, 0.29) is 12.0 Å². The number of hydrogen-bond acceptors (Lipinski definition) is 8. The number of rotatable bonds is 4. The first-order chi connectivity index (χ1) is 10.2. The maximum Gasteiger partial charge on any atom is 0.330 e. The average molecular weight is 287 g/mol. The number of nitrogens with zero attached hydrogens (tertiary/aromatic N) is 7. The molecule has 0 atom stereocenters. The lowest BCUT2D eigenvalue weighted by Gasteiger charge is -2.07. The number of nitrogens with two attached hydrogens (primary N) is 1. The van der Waals surface area contributed by atoms with Crippen molar-refractivity contribution in [2.24, 2.45) is 12.9 Å². The van der Waals surface area contributed by atoms with E-state index < -0.39 is 0 Å². The molecule has 10 nitrogen and oxygen atoms in total. The van der Waals surface area contributed by atoms with E-state index in [1.807, 2.05) is 6.92 Å². The van der Waals surface area contributed by atoms with Gasteiger partial charge in [-0.25, -0.2) is 15.5 Å². The van der Waals surface area contributed by atoms with Crippen LogP contribution in [0.15, 0.2) is 24.8 Å². The van der Waals surface area contributed by atoms with Crippen molar-refractivity contribution < 1.29 is 4.74 Å². The summed E-state index contributed by atoms with van der Waals surface area (Å²) in [4.78, 5) is 16.3. The van der Waals surface area contributed by atoms with E-state index in [1.54, 1.807) is 41.1 Å². The number of aryl methyl sites for hydroxylation is 2. The summed E-state index contributed by atoms with van der Waals surface area (Å²) >= 11 is 0. The summed E-state index contributed by atoms with van der Waals surface area (Å²) in [6.45, 7) is 1.87. The molecule has 0 radical (unpaired) electrons. The van der Waals surface area contributed by atoms with Gasteiger partial charge in [0, 0.05) is 25.5 Å². The molecule has 3 rings (SSSR count). The molecule has 0 unspecified atom stereocenters. The van der Waals surface area contributed by atoms with Crippen LogP contribution in [0.1, 0.15) is 5.69 Å². The van der Waals surface area contributed by atoms with Crippen LogP contribution >= 0.6 is 0 Å². The molecule has 0 saturated heterocycles. The van der Waals surface area contributed by atoms with Crippen molar-refractivity contribution in [3.05, 3.63) is 30.5 Å². The second kappa shape index (κ2) is 5.17. The minimum absolute atomic E-state index is 0.102. The first-order valence-corrected chi connectivity index (χ1v) is 6.05. The van der Waals surface area contributed by atoms with Crippen LogP contribution in [-0.4, -0.2) is 34.3 Å². The van der Waals surface area contributed by atoms with Gasteiger partial charge in [-0.2, -0.15) is 20.1 Å². The van der Waals surface area contributed by atoms with Gasteiger partial charge in [-0.05, 0) is 6.92 Å². The van der Waals surface area contributed by atoms with Crippen molar-refractivity contribution in [2.75, 3.05) is 5.43 Å². The average Bonchev–Trinajstić information content (AvgIpc) is 3.09. The van der Waals surface area contributed by atoms with Gasteiger partial charge >= 0.3 is 6.01 Å². The molecule has 0 aromatic carbocycles. The third-order valence-corrected chi connectivity index (χ3v) is 2.62. The molecule has 3 N–H and O–H groups in total. The number of nitrogens with one attached hydrogen (secondary N) is 1. The highest BCUT2D eigenvalue weighted by atomic mass is 16.5. The number of hydrazine groups is 1. The first-order valence-electron chi connectivity index (χ1n) is 6.05. The van der Waals surface area contributed by atoms with Gasteiger partial charge in [0.25, 0.3) is 0 Å². The van der Waals surface area contributed by atoms with E-state index in [0.29, 0.717) is 11.8 Å². The lowest BCUT2D eigenvalue weighted by molar-refractivity contribution is 0.397. The SMILES string of the molecule is Cc1cc(Oc2nc(NN)nc(-n3ccnc3)n2)n(C)n1. The molecule has 10 heteroatoms. The standard InChI is InChI=1S/C11H13N9O/c1-7-5-8(19(2)18-7)21-11-15-9(17-12)14-10(16-11)20-4-3-13-6-20/h3-6H,12H2,1-2H3,(H,14,15,16,17). The number of aromatic nitrogens is 7. The van der Waals surface area contributed by atoms with Gasteiger partial charge < -0.3 is 4.74 Å². The normalized spacial score (nSPS) is 10.6. The third kappa shape index (κ3) is 2.65. The van der Waals surface area contributed by atoms with Gasteiger partial charge in [0.2, 0.25) is 17.8 Å². The number of ether oxygens (including phenoxy) is 1. The van der Waals surface area contributed by atoms with Crippen LogP contribution in [-0.2, 0) is 7.05 Å². The Morgan fingerprint density at radius 3 is 2.76 bits per heavy atom. The van der Waals surface area contributed by atoms with Crippen LogP contribution < -0.4 is 16.0 Å². The van der Waals surface area contributed by atoms with Gasteiger partial charge in [0.1, 0.15) is 6.33 Å². The van der Waals surface area contributed by atoms with Crippen LogP contribution in [0, 0.1) is 6.92 Å². The van der Waals surface area contributed by atoms with E-state index >= 15 is 0 Å². The smallest absolute Gasteiger partial charge is 0.330 e. The third-order valence-electron chi connectivity index (χ3n) is 2.62. The van der Waals surface area contributed by atoms with Crippen molar-refractivity contribution in [1.82, 2.24) is 34.3 Å². The maximum absolute atomic E-state index is 5.62. The monoisotopic (exact) mass is 287 g/mol. The molecule has 0 aliphatic rings.